The molecule has 0 aromatic heterocycles. The van der Waals surface area contributed by atoms with E-state index in [2.05, 4.69) is 5.32 Å². The number of ether oxygens (including phenoxy) is 1. The van der Waals surface area contributed by atoms with Gasteiger partial charge in [-0.05, 0) is 23.3 Å². The first kappa shape index (κ1) is 14.2. The molecule has 2 aromatic carbocycles. The Kier molecular flexibility index (Phi) is 4.85. The van der Waals surface area contributed by atoms with E-state index in [0.717, 1.165) is 5.56 Å². The number of carbonyl (C=O) groups is 1. The molecule has 0 saturated carbocycles. The molecule has 1 unspecified atom stereocenters. The Labute approximate surface area is 117 Å². The van der Waals surface area contributed by atoms with Gasteiger partial charge in [0.05, 0.1) is 7.11 Å². The van der Waals surface area contributed by atoms with Gasteiger partial charge in [-0.1, -0.05) is 42.5 Å². The average molecular weight is 273 g/mol. The van der Waals surface area contributed by atoms with Crippen molar-refractivity contribution in [1.82, 2.24) is 5.32 Å². The molecule has 1 atom stereocenters. The van der Waals surface area contributed by atoms with Crippen molar-refractivity contribution in [2.75, 3.05) is 7.11 Å². The maximum atomic E-state index is 13.3. The summed E-state index contributed by atoms with van der Waals surface area (Å²) in [4.78, 5) is 11.8. The van der Waals surface area contributed by atoms with Crippen LogP contribution < -0.4 is 5.32 Å². The molecule has 0 spiro atoms. The van der Waals surface area contributed by atoms with Gasteiger partial charge in [-0.25, -0.2) is 9.18 Å². The van der Waals surface area contributed by atoms with E-state index in [4.69, 9.17) is 4.74 Å². The summed E-state index contributed by atoms with van der Waals surface area (Å²) in [5.41, 5.74) is 1.59. The van der Waals surface area contributed by atoms with Gasteiger partial charge in [0, 0.05) is 6.54 Å². The lowest BCUT2D eigenvalue weighted by Crippen LogP contribution is -2.29. The van der Waals surface area contributed by atoms with Crippen molar-refractivity contribution in [3.63, 3.8) is 0 Å². The molecule has 1 N–H and O–H groups in total. The molecule has 0 radical (unpaired) electrons. The van der Waals surface area contributed by atoms with E-state index >= 15 is 0 Å². The normalized spacial score (nSPS) is 11.9. The molecular weight excluding hydrogens is 257 g/mol. The number of nitrogens with one attached hydrogen (secondary N) is 1. The lowest BCUT2D eigenvalue weighted by molar-refractivity contribution is -0.143. The van der Waals surface area contributed by atoms with Crippen molar-refractivity contribution in [3.8, 4) is 0 Å². The minimum atomic E-state index is -0.684. The predicted molar refractivity (Wildman–Crippen MR) is 74.4 cm³/mol. The van der Waals surface area contributed by atoms with Gasteiger partial charge >= 0.3 is 5.97 Å². The third-order valence-corrected chi connectivity index (χ3v) is 2.97. The van der Waals surface area contributed by atoms with E-state index in [1.165, 1.54) is 19.2 Å². The van der Waals surface area contributed by atoms with Crippen LogP contribution in [0.1, 0.15) is 17.2 Å². The lowest BCUT2D eigenvalue weighted by Gasteiger charge is -2.17. The summed E-state index contributed by atoms with van der Waals surface area (Å²) in [6.07, 6.45) is 0. The summed E-state index contributed by atoms with van der Waals surface area (Å²) in [7, 11) is 1.32. The molecule has 2 rings (SSSR count). The van der Waals surface area contributed by atoms with Gasteiger partial charge in [-0.15, -0.1) is 0 Å². The number of benzene rings is 2. The number of hydrogen-bond donors (Lipinski definition) is 1. The molecular formula is C16H16FNO2. The van der Waals surface area contributed by atoms with E-state index in [-0.39, 0.29) is 5.82 Å². The van der Waals surface area contributed by atoms with Crippen LogP contribution in [0.25, 0.3) is 0 Å². The van der Waals surface area contributed by atoms with Crippen LogP contribution in [0.4, 0.5) is 4.39 Å². The maximum Gasteiger partial charge on any atom is 0.327 e. The third kappa shape index (κ3) is 3.65. The fourth-order valence-electron chi connectivity index (χ4n) is 1.96. The molecule has 0 amide bonds. The van der Waals surface area contributed by atoms with Crippen molar-refractivity contribution in [2.24, 2.45) is 0 Å². The summed E-state index contributed by atoms with van der Waals surface area (Å²) >= 11 is 0. The van der Waals surface area contributed by atoms with Gasteiger partial charge in [-0.3, -0.25) is 5.32 Å². The average Bonchev–Trinajstić information content (AvgIpc) is 2.48. The van der Waals surface area contributed by atoms with Crippen molar-refractivity contribution >= 4 is 5.97 Å². The van der Waals surface area contributed by atoms with Crippen LogP contribution in [0, 0.1) is 5.82 Å². The highest BCUT2D eigenvalue weighted by atomic mass is 19.1. The SMILES string of the molecule is COC(=O)C(NCc1ccccc1)c1cccc(F)c1. The Morgan fingerprint density at radius 2 is 1.95 bits per heavy atom. The third-order valence-electron chi connectivity index (χ3n) is 2.97. The monoisotopic (exact) mass is 273 g/mol. The Balaban J connectivity index is 2.14. The number of hydrogen-bond acceptors (Lipinski definition) is 3. The molecule has 0 aliphatic carbocycles. The molecule has 20 heavy (non-hydrogen) atoms. The Morgan fingerprint density at radius 1 is 1.20 bits per heavy atom. The van der Waals surface area contributed by atoms with Gasteiger partial charge in [0.1, 0.15) is 11.9 Å². The number of rotatable bonds is 5. The molecule has 0 fully saturated rings. The summed E-state index contributed by atoms with van der Waals surface area (Å²) in [6.45, 7) is 0.497. The Hall–Kier alpha value is -2.20. The zero-order valence-electron chi connectivity index (χ0n) is 11.2. The van der Waals surface area contributed by atoms with E-state index < -0.39 is 12.0 Å². The first-order chi connectivity index (χ1) is 9.70. The summed E-state index contributed by atoms with van der Waals surface area (Å²) in [5.74, 6) is -0.815. The molecule has 0 bridgehead atoms. The van der Waals surface area contributed by atoms with Crippen molar-refractivity contribution < 1.29 is 13.9 Å². The van der Waals surface area contributed by atoms with Crippen LogP contribution in [0.5, 0.6) is 0 Å². The maximum absolute atomic E-state index is 13.3. The number of halogens is 1. The van der Waals surface area contributed by atoms with Gasteiger partial charge in [0.2, 0.25) is 0 Å². The minimum absolute atomic E-state index is 0.377. The van der Waals surface area contributed by atoms with Gasteiger partial charge in [0.15, 0.2) is 0 Å². The molecule has 0 heterocycles. The van der Waals surface area contributed by atoms with Crippen LogP contribution in [-0.2, 0) is 16.1 Å². The topological polar surface area (TPSA) is 38.3 Å². The molecule has 2 aromatic rings. The van der Waals surface area contributed by atoms with E-state index in [1.54, 1.807) is 12.1 Å². The van der Waals surface area contributed by atoms with Crippen LogP contribution in [0.3, 0.4) is 0 Å². The first-order valence-electron chi connectivity index (χ1n) is 6.31. The van der Waals surface area contributed by atoms with Crippen LogP contribution in [0.15, 0.2) is 54.6 Å². The highest BCUT2D eigenvalue weighted by Crippen LogP contribution is 2.16. The van der Waals surface area contributed by atoms with Gasteiger partial charge in [0.25, 0.3) is 0 Å². The summed E-state index contributed by atoms with van der Waals surface area (Å²) in [5, 5.41) is 3.09. The lowest BCUT2D eigenvalue weighted by atomic mass is 10.1. The van der Waals surface area contributed by atoms with E-state index in [9.17, 15) is 9.18 Å². The number of carbonyl (C=O) groups excluding carboxylic acids is 1. The fraction of sp³-hybridized carbons (Fsp3) is 0.188. The fourth-order valence-corrected chi connectivity index (χ4v) is 1.96. The van der Waals surface area contributed by atoms with Gasteiger partial charge in [-0.2, -0.15) is 0 Å². The number of methoxy groups -OCH3 is 1. The van der Waals surface area contributed by atoms with Gasteiger partial charge < -0.3 is 4.74 Å². The largest absolute Gasteiger partial charge is 0.468 e. The highest BCUT2D eigenvalue weighted by Gasteiger charge is 2.21. The minimum Gasteiger partial charge on any atom is -0.468 e. The molecule has 0 saturated heterocycles. The zero-order chi connectivity index (χ0) is 14.4. The Morgan fingerprint density at radius 3 is 2.60 bits per heavy atom. The van der Waals surface area contributed by atoms with Crippen LogP contribution >= 0.6 is 0 Å². The molecule has 104 valence electrons. The quantitative estimate of drug-likeness (QED) is 0.851. The summed E-state index contributed by atoms with van der Waals surface area (Å²) in [6, 6.07) is 14.9. The Bertz CT molecular complexity index is 572. The highest BCUT2D eigenvalue weighted by molar-refractivity contribution is 5.77. The van der Waals surface area contributed by atoms with Crippen molar-refractivity contribution in [2.45, 2.75) is 12.6 Å². The van der Waals surface area contributed by atoms with E-state index in [0.29, 0.717) is 12.1 Å². The molecule has 0 aliphatic rings. The smallest absolute Gasteiger partial charge is 0.327 e. The van der Waals surface area contributed by atoms with Crippen LogP contribution in [0.2, 0.25) is 0 Å². The zero-order valence-corrected chi connectivity index (χ0v) is 11.2. The first-order valence-corrected chi connectivity index (χ1v) is 6.31. The molecule has 0 aliphatic heterocycles. The second kappa shape index (κ2) is 6.82. The number of esters is 1. The summed E-state index contributed by atoms with van der Waals surface area (Å²) < 4.78 is 18.0. The second-order valence-corrected chi connectivity index (χ2v) is 4.38. The van der Waals surface area contributed by atoms with Crippen molar-refractivity contribution in [1.29, 1.82) is 0 Å². The van der Waals surface area contributed by atoms with E-state index in [1.807, 2.05) is 30.3 Å². The molecule has 3 nitrogen and oxygen atoms in total. The predicted octanol–water partition coefficient (Wildman–Crippen LogP) is 2.83. The standard InChI is InChI=1S/C16H16FNO2/c1-20-16(19)15(13-8-5-9-14(17)10-13)18-11-12-6-3-2-4-7-12/h2-10,15,18H,11H2,1H3. The van der Waals surface area contributed by atoms with Crippen molar-refractivity contribution in [3.05, 3.63) is 71.5 Å². The second-order valence-electron chi connectivity index (χ2n) is 4.38. The molecule has 4 heteroatoms. The van der Waals surface area contributed by atoms with Crippen LogP contribution in [-0.4, -0.2) is 13.1 Å².